The molecule has 0 spiro atoms. The smallest absolute Gasteiger partial charge is 0.0713 e. The molecule has 0 amide bonds. The molecule has 0 N–H and O–H groups in total. The Balaban J connectivity index is 1.96. The average molecular weight is 328 g/mol. The van der Waals surface area contributed by atoms with E-state index in [0.717, 1.165) is 28.0 Å². The summed E-state index contributed by atoms with van der Waals surface area (Å²) in [5.41, 5.74) is 8.50. The lowest BCUT2D eigenvalue weighted by atomic mass is 9.92. The second kappa shape index (κ2) is 5.19. The van der Waals surface area contributed by atoms with Gasteiger partial charge >= 0.3 is 0 Å². The number of benzene rings is 3. The van der Waals surface area contributed by atoms with Gasteiger partial charge in [0.2, 0.25) is 0 Å². The number of rotatable bonds is 1. The first kappa shape index (κ1) is 13.8. The van der Waals surface area contributed by atoms with Crippen LogP contribution in [-0.4, -0.2) is 4.98 Å². The van der Waals surface area contributed by atoms with Gasteiger partial charge in [-0.15, -0.1) is 0 Å². The Morgan fingerprint density at radius 2 is 1.58 bits per heavy atom. The summed E-state index contributed by atoms with van der Waals surface area (Å²) >= 11 is 6.30. The summed E-state index contributed by atoms with van der Waals surface area (Å²) in [6.45, 7) is 0. The first-order chi connectivity index (χ1) is 11.8. The van der Waals surface area contributed by atoms with Crippen molar-refractivity contribution >= 4 is 22.5 Å². The van der Waals surface area contributed by atoms with E-state index < -0.39 is 0 Å². The van der Waals surface area contributed by atoms with Crippen molar-refractivity contribution in [3.05, 3.63) is 89.1 Å². The van der Waals surface area contributed by atoms with Crippen LogP contribution in [0, 0.1) is 0 Å². The van der Waals surface area contributed by atoms with Crippen LogP contribution in [0.15, 0.2) is 72.8 Å². The largest absolute Gasteiger partial charge is 0.252 e. The molecule has 0 aliphatic heterocycles. The Hall–Kier alpha value is -2.64. The topological polar surface area (TPSA) is 12.9 Å². The van der Waals surface area contributed by atoms with Gasteiger partial charge in [-0.25, -0.2) is 0 Å². The van der Waals surface area contributed by atoms with Gasteiger partial charge in [0.15, 0.2) is 0 Å². The molecule has 114 valence electrons. The Morgan fingerprint density at radius 3 is 2.46 bits per heavy atom. The molecule has 0 fully saturated rings. The van der Waals surface area contributed by atoms with E-state index in [0.29, 0.717) is 0 Å². The summed E-state index contributed by atoms with van der Waals surface area (Å²) in [4.78, 5) is 4.94. The van der Waals surface area contributed by atoms with E-state index >= 15 is 0 Å². The maximum Gasteiger partial charge on any atom is 0.0713 e. The minimum absolute atomic E-state index is 0.743. The Labute approximate surface area is 145 Å². The van der Waals surface area contributed by atoms with Crippen molar-refractivity contribution in [1.29, 1.82) is 0 Å². The van der Waals surface area contributed by atoms with Crippen molar-refractivity contribution in [2.45, 2.75) is 6.42 Å². The average Bonchev–Trinajstić information content (AvgIpc) is 2.98. The number of pyridine rings is 1. The molecule has 0 atom stereocenters. The van der Waals surface area contributed by atoms with Crippen molar-refractivity contribution in [2.75, 3.05) is 0 Å². The molecule has 5 rings (SSSR count). The van der Waals surface area contributed by atoms with Gasteiger partial charge in [-0.2, -0.15) is 0 Å². The number of fused-ring (bicyclic) bond motifs is 4. The van der Waals surface area contributed by atoms with Gasteiger partial charge in [-0.1, -0.05) is 66.2 Å². The maximum atomic E-state index is 6.30. The van der Waals surface area contributed by atoms with Gasteiger partial charge in [0.25, 0.3) is 0 Å². The molecule has 1 heterocycles. The number of nitrogens with zero attached hydrogens (tertiary/aromatic N) is 1. The van der Waals surface area contributed by atoms with Crippen LogP contribution in [0.5, 0.6) is 0 Å². The van der Waals surface area contributed by atoms with E-state index in [9.17, 15) is 0 Å². The number of hydrogen-bond donors (Lipinski definition) is 0. The van der Waals surface area contributed by atoms with Gasteiger partial charge < -0.3 is 0 Å². The van der Waals surface area contributed by atoms with Crippen LogP contribution < -0.4 is 0 Å². The predicted octanol–water partition coefficient (Wildman–Crippen LogP) is 6.13. The highest BCUT2D eigenvalue weighted by Gasteiger charge is 2.25. The minimum atomic E-state index is 0.743. The van der Waals surface area contributed by atoms with E-state index in [1.807, 2.05) is 24.3 Å². The first-order valence-electron chi connectivity index (χ1n) is 8.07. The zero-order valence-corrected chi connectivity index (χ0v) is 13.7. The molecule has 1 aliphatic carbocycles. The third-order valence-electron chi connectivity index (χ3n) is 4.73. The quantitative estimate of drug-likeness (QED) is 0.361. The van der Waals surface area contributed by atoms with Gasteiger partial charge in [0, 0.05) is 28.0 Å². The van der Waals surface area contributed by atoms with E-state index in [1.54, 1.807) is 0 Å². The second-order valence-electron chi connectivity index (χ2n) is 6.17. The highest BCUT2D eigenvalue weighted by molar-refractivity contribution is 6.31. The van der Waals surface area contributed by atoms with Crippen LogP contribution in [0.3, 0.4) is 0 Å². The molecule has 1 aromatic heterocycles. The number of halogens is 1. The fourth-order valence-electron chi connectivity index (χ4n) is 3.71. The zero-order valence-electron chi connectivity index (χ0n) is 13.0. The summed E-state index contributed by atoms with van der Waals surface area (Å²) in [5.74, 6) is 0. The molecule has 24 heavy (non-hydrogen) atoms. The summed E-state index contributed by atoms with van der Waals surface area (Å²) < 4.78 is 0. The zero-order chi connectivity index (χ0) is 16.1. The minimum Gasteiger partial charge on any atom is -0.252 e. The van der Waals surface area contributed by atoms with Crippen molar-refractivity contribution < 1.29 is 0 Å². The summed E-state index contributed by atoms with van der Waals surface area (Å²) in [6.07, 6.45) is 0.893. The molecule has 0 saturated heterocycles. The molecular weight excluding hydrogens is 314 g/mol. The van der Waals surface area contributed by atoms with Gasteiger partial charge in [0.05, 0.1) is 11.2 Å². The van der Waals surface area contributed by atoms with Crippen LogP contribution in [0.2, 0.25) is 5.02 Å². The lowest BCUT2D eigenvalue weighted by Crippen LogP contribution is -1.93. The highest BCUT2D eigenvalue weighted by Crippen LogP contribution is 2.45. The van der Waals surface area contributed by atoms with E-state index in [-0.39, 0.29) is 0 Å². The summed E-state index contributed by atoms with van der Waals surface area (Å²) in [7, 11) is 0. The van der Waals surface area contributed by atoms with E-state index in [4.69, 9.17) is 16.6 Å². The fourth-order valence-corrected chi connectivity index (χ4v) is 3.88. The molecule has 1 nitrogen and oxygen atoms in total. The first-order valence-corrected chi connectivity index (χ1v) is 8.45. The normalized spacial score (nSPS) is 12.2. The Bertz CT molecular complexity index is 1080. The Kier molecular flexibility index (Phi) is 2.97. The molecule has 4 aromatic rings. The summed E-state index contributed by atoms with van der Waals surface area (Å²) in [6, 6.07) is 25.1. The van der Waals surface area contributed by atoms with Crippen molar-refractivity contribution in [2.24, 2.45) is 0 Å². The predicted molar refractivity (Wildman–Crippen MR) is 100 cm³/mol. The molecular formula is C22H14ClN. The van der Waals surface area contributed by atoms with Crippen LogP contribution in [0.4, 0.5) is 0 Å². The number of aromatic nitrogens is 1. The van der Waals surface area contributed by atoms with Gasteiger partial charge in [0.1, 0.15) is 0 Å². The van der Waals surface area contributed by atoms with E-state index in [1.165, 1.54) is 27.8 Å². The highest BCUT2D eigenvalue weighted by atomic mass is 35.5. The van der Waals surface area contributed by atoms with Gasteiger partial charge in [-0.05, 0) is 34.9 Å². The standard InChI is InChI=1S/C22H14ClN/c23-16-10-11-19-18(13-16)21(14-6-2-1-3-7-14)22-17-9-5-4-8-15(17)12-20(22)24-19/h1-11,13H,12H2. The molecule has 1 aliphatic rings. The third-order valence-corrected chi connectivity index (χ3v) is 4.96. The van der Waals surface area contributed by atoms with Crippen molar-refractivity contribution in [3.63, 3.8) is 0 Å². The SMILES string of the molecule is Clc1ccc2nc3c(c(-c4ccccc4)c2c1)-c1ccccc1C3. The maximum absolute atomic E-state index is 6.30. The van der Waals surface area contributed by atoms with Crippen molar-refractivity contribution in [1.82, 2.24) is 4.98 Å². The van der Waals surface area contributed by atoms with Crippen LogP contribution in [0.25, 0.3) is 33.2 Å². The Morgan fingerprint density at radius 1 is 0.792 bits per heavy atom. The molecule has 0 unspecified atom stereocenters. The molecule has 0 radical (unpaired) electrons. The van der Waals surface area contributed by atoms with Crippen LogP contribution >= 0.6 is 11.6 Å². The number of hydrogen-bond acceptors (Lipinski definition) is 1. The van der Waals surface area contributed by atoms with Crippen molar-refractivity contribution in [3.8, 4) is 22.3 Å². The molecule has 3 aromatic carbocycles. The molecule has 0 saturated carbocycles. The molecule has 0 bridgehead atoms. The summed E-state index contributed by atoms with van der Waals surface area (Å²) in [5, 5.41) is 1.86. The molecule has 2 heteroatoms. The fraction of sp³-hybridized carbons (Fsp3) is 0.0455. The monoisotopic (exact) mass is 327 g/mol. The van der Waals surface area contributed by atoms with E-state index in [2.05, 4.69) is 48.5 Å². The van der Waals surface area contributed by atoms with Gasteiger partial charge in [-0.3, -0.25) is 4.98 Å². The van der Waals surface area contributed by atoms with Crippen LogP contribution in [-0.2, 0) is 6.42 Å². The lowest BCUT2D eigenvalue weighted by molar-refractivity contribution is 1.15. The third kappa shape index (κ3) is 1.98. The second-order valence-corrected chi connectivity index (χ2v) is 6.61. The van der Waals surface area contributed by atoms with Crippen LogP contribution in [0.1, 0.15) is 11.3 Å². The lowest BCUT2D eigenvalue weighted by Gasteiger charge is -2.14.